The molecule has 81 heavy (non-hydrogen) atoms. The standard InChI is InChI=1S/C75H120O6/c1-4-7-10-13-16-19-22-25-28-31-33-35-36-37-38-40-41-44-47-50-53-56-59-62-65-68-74(77)80-71-72(70-79-73(76)67-64-61-58-55-52-49-46-43-30-27-24-21-18-15-12-9-6-3)81-75(78)69-66-63-60-57-54-51-48-45-42-39-34-32-29-26-23-20-17-14-11-8-5-2/h7-8,10-11,16-21,25-30,33-35,37-39,45,48,54,57,72H,4-6,9,12-15,22-24,31-32,36,40-44,46-47,49-53,55-56,58-71H2,1-3H3/b10-7-,11-8-,19-16-,20-17-,21-18-,28-25-,29-26-,30-27-,35-33-,38-37-,39-34-,48-45-,57-54-. The number of allylic oxidation sites excluding steroid dienone is 26. The van der Waals surface area contributed by atoms with Gasteiger partial charge in [0.05, 0.1) is 0 Å². The number of esters is 3. The number of hydrogen-bond acceptors (Lipinski definition) is 6. The molecule has 0 aromatic rings. The lowest BCUT2D eigenvalue weighted by atomic mass is 10.1. The molecule has 0 rings (SSSR count). The van der Waals surface area contributed by atoms with Crippen LogP contribution in [-0.4, -0.2) is 37.2 Å². The maximum absolute atomic E-state index is 12.9. The van der Waals surface area contributed by atoms with Crippen molar-refractivity contribution in [2.24, 2.45) is 0 Å². The molecular formula is C75H120O6. The minimum Gasteiger partial charge on any atom is -0.462 e. The molecule has 456 valence electrons. The molecule has 0 aliphatic rings. The van der Waals surface area contributed by atoms with E-state index in [2.05, 4.69) is 179 Å². The van der Waals surface area contributed by atoms with E-state index in [1.807, 2.05) is 0 Å². The third kappa shape index (κ3) is 65.7. The highest BCUT2D eigenvalue weighted by Crippen LogP contribution is 2.15. The van der Waals surface area contributed by atoms with Crippen LogP contribution in [0.15, 0.2) is 158 Å². The summed E-state index contributed by atoms with van der Waals surface area (Å²) >= 11 is 0. The Hall–Kier alpha value is -4.97. The molecule has 0 heterocycles. The molecular weight excluding hydrogens is 997 g/mol. The van der Waals surface area contributed by atoms with Crippen molar-refractivity contribution < 1.29 is 28.6 Å². The fourth-order valence-electron chi connectivity index (χ4n) is 8.62. The first-order valence-corrected chi connectivity index (χ1v) is 33.0. The summed E-state index contributed by atoms with van der Waals surface area (Å²) < 4.78 is 16.9. The highest BCUT2D eigenvalue weighted by molar-refractivity contribution is 5.71. The molecule has 0 aromatic heterocycles. The predicted octanol–water partition coefficient (Wildman–Crippen LogP) is 22.9. The Morgan fingerprint density at radius 2 is 0.481 bits per heavy atom. The summed E-state index contributed by atoms with van der Waals surface area (Å²) in [5.74, 6) is -0.965. The average Bonchev–Trinajstić information content (AvgIpc) is 3.47. The lowest BCUT2D eigenvalue weighted by molar-refractivity contribution is -0.167. The van der Waals surface area contributed by atoms with Crippen LogP contribution in [0.4, 0.5) is 0 Å². The van der Waals surface area contributed by atoms with Crippen LogP contribution in [-0.2, 0) is 28.6 Å². The summed E-state index contributed by atoms with van der Waals surface area (Å²) in [5.41, 5.74) is 0. The molecule has 0 aliphatic heterocycles. The number of unbranched alkanes of at least 4 members (excludes halogenated alkanes) is 21. The van der Waals surface area contributed by atoms with Gasteiger partial charge in [0.2, 0.25) is 0 Å². The van der Waals surface area contributed by atoms with E-state index in [-0.39, 0.29) is 37.5 Å². The van der Waals surface area contributed by atoms with Crippen molar-refractivity contribution in [1.29, 1.82) is 0 Å². The van der Waals surface area contributed by atoms with Gasteiger partial charge in [0, 0.05) is 19.3 Å². The Kier molecular flexibility index (Phi) is 63.4. The van der Waals surface area contributed by atoms with E-state index in [0.29, 0.717) is 19.3 Å². The van der Waals surface area contributed by atoms with Crippen molar-refractivity contribution in [1.82, 2.24) is 0 Å². The van der Waals surface area contributed by atoms with Crippen LogP contribution >= 0.6 is 0 Å². The van der Waals surface area contributed by atoms with Crippen molar-refractivity contribution in [2.75, 3.05) is 13.2 Å². The quantitative estimate of drug-likeness (QED) is 0.0261. The molecule has 0 bridgehead atoms. The van der Waals surface area contributed by atoms with E-state index in [4.69, 9.17) is 14.2 Å². The smallest absolute Gasteiger partial charge is 0.306 e. The molecule has 0 saturated carbocycles. The fourth-order valence-corrected chi connectivity index (χ4v) is 8.62. The van der Waals surface area contributed by atoms with Crippen molar-refractivity contribution >= 4 is 17.9 Å². The van der Waals surface area contributed by atoms with Crippen LogP contribution in [0.1, 0.15) is 278 Å². The number of carbonyl (C=O) groups is 3. The molecule has 6 heteroatoms. The Balaban J connectivity index is 4.49. The maximum Gasteiger partial charge on any atom is 0.306 e. The molecule has 0 fully saturated rings. The molecule has 0 amide bonds. The minimum atomic E-state index is -0.817. The highest BCUT2D eigenvalue weighted by atomic mass is 16.6. The number of hydrogen-bond donors (Lipinski definition) is 0. The van der Waals surface area contributed by atoms with E-state index in [9.17, 15) is 14.4 Å². The lowest BCUT2D eigenvalue weighted by Gasteiger charge is -2.18. The molecule has 0 radical (unpaired) electrons. The van der Waals surface area contributed by atoms with E-state index < -0.39 is 6.10 Å². The monoisotopic (exact) mass is 1120 g/mol. The van der Waals surface area contributed by atoms with Crippen LogP contribution in [0.5, 0.6) is 0 Å². The second-order valence-corrected chi connectivity index (χ2v) is 21.3. The summed E-state index contributed by atoms with van der Waals surface area (Å²) in [7, 11) is 0. The third-order valence-electron chi connectivity index (χ3n) is 13.5. The normalized spacial score (nSPS) is 13.2. The topological polar surface area (TPSA) is 78.9 Å². The molecule has 6 nitrogen and oxygen atoms in total. The highest BCUT2D eigenvalue weighted by Gasteiger charge is 2.19. The summed E-state index contributed by atoms with van der Waals surface area (Å²) in [5, 5.41) is 0. The molecule has 0 N–H and O–H groups in total. The van der Waals surface area contributed by atoms with Gasteiger partial charge in [0.15, 0.2) is 6.10 Å². The maximum atomic E-state index is 12.9. The van der Waals surface area contributed by atoms with Gasteiger partial charge in [-0.15, -0.1) is 0 Å². The van der Waals surface area contributed by atoms with Gasteiger partial charge < -0.3 is 14.2 Å². The number of rotatable bonds is 58. The summed E-state index contributed by atoms with van der Waals surface area (Å²) in [6.07, 6.45) is 98.1. The molecule has 1 atom stereocenters. The second-order valence-electron chi connectivity index (χ2n) is 21.3. The van der Waals surface area contributed by atoms with Gasteiger partial charge in [0.1, 0.15) is 13.2 Å². The molecule has 0 saturated heterocycles. The largest absolute Gasteiger partial charge is 0.462 e. The van der Waals surface area contributed by atoms with E-state index >= 15 is 0 Å². The Morgan fingerprint density at radius 3 is 0.778 bits per heavy atom. The van der Waals surface area contributed by atoms with Gasteiger partial charge in [-0.05, 0) is 148 Å². The minimum absolute atomic E-state index is 0.108. The summed E-state index contributed by atoms with van der Waals surface area (Å²) in [4.78, 5) is 38.4. The Bertz CT molecular complexity index is 1810. The van der Waals surface area contributed by atoms with Gasteiger partial charge >= 0.3 is 17.9 Å². The van der Waals surface area contributed by atoms with Gasteiger partial charge in [-0.2, -0.15) is 0 Å². The zero-order chi connectivity index (χ0) is 58.5. The van der Waals surface area contributed by atoms with E-state index in [1.165, 1.54) is 89.9 Å². The first-order valence-electron chi connectivity index (χ1n) is 33.0. The SMILES string of the molecule is CC/C=C\C/C=C\C/C=C\C/C=C\C/C=C\C/C=C\CCCCC(=O)OC(COC(=O)CCCCCCCCC/C=C\C/C=C\CCCCC)COC(=O)CCCCCCCCCCC/C=C\C/C=C\C/C=C\C/C=C\C/C=C\CC. The summed E-state index contributed by atoms with van der Waals surface area (Å²) in [6, 6.07) is 0. The first kappa shape index (κ1) is 76.0. The zero-order valence-corrected chi connectivity index (χ0v) is 52.2. The summed E-state index contributed by atoms with van der Waals surface area (Å²) in [6.45, 7) is 6.35. The molecule has 0 spiro atoms. The van der Waals surface area contributed by atoms with Crippen LogP contribution in [0.2, 0.25) is 0 Å². The lowest BCUT2D eigenvalue weighted by Crippen LogP contribution is -2.30. The van der Waals surface area contributed by atoms with Crippen molar-refractivity contribution in [3.63, 3.8) is 0 Å². The van der Waals surface area contributed by atoms with E-state index in [0.717, 1.165) is 141 Å². The van der Waals surface area contributed by atoms with Gasteiger partial charge in [-0.25, -0.2) is 0 Å². The molecule has 0 aromatic carbocycles. The van der Waals surface area contributed by atoms with Crippen LogP contribution in [0, 0.1) is 0 Å². The van der Waals surface area contributed by atoms with Crippen molar-refractivity contribution in [3.8, 4) is 0 Å². The molecule has 1 unspecified atom stereocenters. The van der Waals surface area contributed by atoms with E-state index in [1.54, 1.807) is 0 Å². The van der Waals surface area contributed by atoms with Crippen molar-refractivity contribution in [2.45, 2.75) is 284 Å². The fraction of sp³-hybridized carbons (Fsp3) is 0.613. The van der Waals surface area contributed by atoms with Crippen LogP contribution in [0.3, 0.4) is 0 Å². The predicted molar refractivity (Wildman–Crippen MR) is 352 cm³/mol. The van der Waals surface area contributed by atoms with Crippen LogP contribution < -0.4 is 0 Å². The zero-order valence-electron chi connectivity index (χ0n) is 52.2. The Labute approximate surface area is 499 Å². The number of carbonyl (C=O) groups excluding carboxylic acids is 3. The van der Waals surface area contributed by atoms with Gasteiger partial charge in [-0.3, -0.25) is 14.4 Å². The first-order chi connectivity index (χ1) is 40.0. The average molecular weight is 1120 g/mol. The Morgan fingerprint density at radius 1 is 0.259 bits per heavy atom. The second kappa shape index (κ2) is 67.5. The number of ether oxygens (including phenoxy) is 3. The van der Waals surface area contributed by atoms with Crippen LogP contribution in [0.25, 0.3) is 0 Å². The molecule has 0 aliphatic carbocycles. The third-order valence-corrected chi connectivity index (χ3v) is 13.5. The van der Waals surface area contributed by atoms with Gasteiger partial charge in [0.25, 0.3) is 0 Å². The van der Waals surface area contributed by atoms with Gasteiger partial charge in [-0.1, -0.05) is 269 Å². The van der Waals surface area contributed by atoms with Crippen molar-refractivity contribution in [3.05, 3.63) is 158 Å².